The van der Waals surface area contributed by atoms with Gasteiger partial charge >= 0.3 is 0 Å². The number of carbonyl (C=O) groups is 1. The zero-order valence-electron chi connectivity index (χ0n) is 17.2. The van der Waals surface area contributed by atoms with Crippen molar-refractivity contribution in [1.29, 1.82) is 0 Å². The molecule has 0 bridgehead atoms. The van der Waals surface area contributed by atoms with Crippen LogP contribution in [0.25, 0.3) is 5.57 Å². The number of carbonyl (C=O) groups excluding carboxylic acids is 1. The minimum absolute atomic E-state index is 0.0335. The van der Waals surface area contributed by atoms with E-state index in [-0.39, 0.29) is 5.91 Å². The van der Waals surface area contributed by atoms with Gasteiger partial charge in [0.1, 0.15) is 12.0 Å². The van der Waals surface area contributed by atoms with E-state index in [1.165, 1.54) is 5.57 Å². The SMILES string of the molecule is CC1=COc2cc(Cl)ccc2C(=O)N1CCCCN1CC=C(c2ccccn2)CC1. The fourth-order valence-electron chi connectivity index (χ4n) is 3.87. The number of hydrogen-bond donors (Lipinski definition) is 0. The third-order valence-electron chi connectivity index (χ3n) is 5.59. The lowest BCUT2D eigenvalue weighted by molar-refractivity contribution is 0.0804. The van der Waals surface area contributed by atoms with E-state index in [0.717, 1.165) is 50.3 Å². The van der Waals surface area contributed by atoms with Gasteiger partial charge in [0.25, 0.3) is 5.91 Å². The lowest BCUT2D eigenvalue weighted by Crippen LogP contribution is -2.32. The number of rotatable bonds is 6. The topological polar surface area (TPSA) is 45.7 Å². The number of unbranched alkanes of at least 4 members (excludes halogenated alkanes) is 1. The van der Waals surface area contributed by atoms with Gasteiger partial charge in [-0.1, -0.05) is 23.7 Å². The van der Waals surface area contributed by atoms with Gasteiger partial charge in [0.05, 0.1) is 17.0 Å². The highest BCUT2D eigenvalue weighted by Gasteiger charge is 2.24. The zero-order valence-corrected chi connectivity index (χ0v) is 17.9. The zero-order chi connectivity index (χ0) is 20.9. The van der Waals surface area contributed by atoms with Crippen molar-refractivity contribution in [3.63, 3.8) is 0 Å². The Bertz CT molecular complexity index is 972. The van der Waals surface area contributed by atoms with Crippen molar-refractivity contribution < 1.29 is 9.53 Å². The van der Waals surface area contributed by atoms with Gasteiger partial charge in [0, 0.05) is 36.9 Å². The van der Waals surface area contributed by atoms with Crippen LogP contribution < -0.4 is 4.74 Å². The van der Waals surface area contributed by atoms with Crippen LogP contribution in [-0.2, 0) is 0 Å². The summed E-state index contributed by atoms with van der Waals surface area (Å²) in [5.74, 6) is 0.479. The number of nitrogens with zero attached hydrogens (tertiary/aromatic N) is 3. The smallest absolute Gasteiger partial charge is 0.261 e. The molecule has 3 heterocycles. The van der Waals surface area contributed by atoms with Gasteiger partial charge in [-0.15, -0.1) is 0 Å². The first-order valence-corrected chi connectivity index (χ1v) is 10.8. The van der Waals surface area contributed by atoms with E-state index in [1.807, 2.05) is 25.3 Å². The molecule has 1 amide bonds. The summed E-state index contributed by atoms with van der Waals surface area (Å²) in [5.41, 5.74) is 3.79. The van der Waals surface area contributed by atoms with E-state index in [4.69, 9.17) is 16.3 Å². The number of amides is 1. The van der Waals surface area contributed by atoms with Crippen molar-refractivity contribution in [3.8, 4) is 5.75 Å². The third kappa shape index (κ3) is 4.74. The minimum Gasteiger partial charge on any atom is -0.462 e. The first kappa shape index (κ1) is 20.6. The first-order chi connectivity index (χ1) is 14.6. The molecular weight excluding hydrogens is 398 g/mol. The molecule has 2 aromatic rings. The molecule has 6 heteroatoms. The van der Waals surface area contributed by atoms with Crippen molar-refractivity contribution >= 4 is 23.1 Å². The van der Waals surface area contributed by atoms with Gasteiger partial charge < -0.3 is 9.64 Å². The van der Waals surface area contributed by atoms with Crippen molar-refractivity contribution in [3.05, 3.63) is 76.9 Å². The molecule has 2 aliphatic heterocycles. The molecule has 0 unspecified atom stereocenters. The molecule has 0 spiro atoms. The summed E-state index contributed by atoms with van der Waals surface area (Å²) in [6, 6.07) is 11.2. The van der Waals surface area contributed by atoms with Crippen LogP contribution in [-0.4, -0.2) is 46.9 Å². The summed E-state index contributed by atoms with van der Waals surface area (Å²) >= 11 is 6.03. The van der Waals surface area contributed by atoms with Gasteiger partial charge in [-0.25, -0.2) is 0 Å². The van der Waals surface area contributed by atoms with Gasteiger partial charge in [-0.3, -0.25) is 14.7 Å². The summed E-state index contributed by atoms with van der Waals surface area (Å²) < 4.78 is 5.66. The predicted octanol–water partition coefficient (Wildman–Crippen LogP) is 5.00. The van der Waals surface area contributed by atoms with Crippen molar-refractivity contribution in [2.24, 2.45) is 0 Å². The molecule has 1 aromatic carbocycles. The van der Waals surface area contributed by atoms with Crippen LogP contribution in [0.2, 0.25) is 5.02 Å². The molecule has 5 nitrogen and oxygen atoms in total. The Kier molecular flexibility index (Phi) is 6.50. The number of hydrogen-bond acceptors (Lipinski definition) is 4. The monoisotopic (exact) mass is 423 g/mol. The molecule has 156 valence electrons. The fourth-order valence-corrected chi connectivity index (χ4v) is 4.03. The molecule has 30 heavy (non-hydrogen) atoms. The Hall–Kier alpha value is -2.63. The Labute approximate surface area is 182 Å². The molecule has 0 atom stereocenters. The molecule has 0 radical (unpaired) electrons. The summed E-state index contributed by atoms with van der Waals surface area (Å²) in [4.78, 5) is 21.7. The number of ether oxygens (including phenoxy) is 1. The highest BCUT2D eigenvalue weighted by Crippen LogP contribution is 2.29. The molecule has 4 rings (SSSR count). The van der Waals surface area contributed by atoms with E-state index in [0.29, 0.717) is 22.9 Å². The second kappa shape index (κ2) is 9.45. The van der Waals surface area contributed by atoms with Gasteiger partial charge in [-0.2, -0.15) is 0 Å². The van der Waals surface area contributed by atoms with E-state index >= 15 is 0 Å². The van der Waals surface area contributed by atoms with Crippen LogP contribution in [0.4, 0.5) is 0 Å². The molecule has 0 fully saturated rings. The van der Waals surface area contributed by atoms with Crippen LogP contribution in [0.1, 0.15) is 42.2 Å². The summed E-state index contributed by atoms with van der Waals surface area (Å²) in [6.07, 6.45) is 8.78. The molecular formula is C24H26ClN3O2. The summed E-state index contributed by atoms with van der Waals surface area (Å²) in [7, 11) is 0. The average Bonchev–Trinajstić information content (AvgIpc) is 2.89. The van der Waals surface area contributed by atoms with Crippen molar-refractivity contribution in [2.75, 3.05) is 26.2 Å². The highest BCUT2D eigenvalue weighted by atomic mass is 35.5. The number of allylic oxidation sites excluding steroid dienone is 1. The molecule has 0 N–H and O–H groups in total. The van der Waals surface area contributed by atoms with Crippen LogP contribution in [0.3, 0.4) is 0 Å². The standard InChI is InChI=1S/C24H26ClN3O2/c1-18-17-30-23-16-20(25)7-8-21(23)24(29)28(18)13-5-4-12-27-14-9-19(10-15-27)22-6-2-3-11-26-22/h2-3,6-9,11,16-17H,4-5,10,12-15H2,1H3. The maximum absolute atomic E-state index is 13.0. The quantitative estimate of drug-likeness (QED) is 0.613. The Morgan fingerprint density at radius 3 is 2.80 bits per heavy atom. The Morgan fingerprint density at radius 1 is 1.17 bits per heavy atom. The fraction of sp³-hybridized carbons (Fsp3) is 0.333. The third-order valence-corrected chi connectivity index (χ3v) is 5.83. The first-order valence-electron chi connectivity index (χ1n) is 10.4. The van der Waals surface area contributed by atoms with Crippen LogP contribution >= 0.6 is 11.6 Å². The lowest BCUT2D eigenvalue weighted by Gasteiger charge is -2.27. The van der Waals surface area contributed by atoms with Crippen molar-refractivity contribution in [2.45, 2.75) is 26.2 Å². The normalized spacial score (nSPS) is 17.0. The number of aromatic nitrogens is 1. The van der Waals surface area contributed by atoms with Gasteiger partial charge in [0.2, 0.25) is 0 Å². The number of fused-ring (bicyclic) bond motifs is 1. The van der Waals surface area contributed by atoms with E-state index in [2.05, 4.69) is 22.0 Å². The molecule has 1 aromatic heterocycles. The second-order valence-corrected chi connectivity index (χ2v) is 8.11. The van der Waals surface area contributed by atoms with Gasteiger partial charge in [-0.05, 0) is 62.6 Å². The predicted molar refractivity (Wildman–Crippen MR) is 119 cm³/mol. The van der Waals surface area contributed by atoms with Crippen molar-refractivity contribution in [1.82, 2.24) is 14.8 Å². The Balaban J connectivity index is 1.28. The maximum Gasteiger partial charge on any atom is 0.261 e. The highest BCUT2D eigenvalue weighted by molar-refractivity contribution is 6.30. The Morgan fingerprint density at radius 2 is 2.03 bits per heavy atom. The minimum atomic E-state index is -0.0335. The molecule has 0 saturated heterocycles. The summed E-state index contributed by atoms with van der Waals surface area (Å²) in [5, 5.41) is 0.558. The van der Waals surface area contributed by atoms with Crippen LogP contribution in [0, 0.1) is 0 Å². The average molecular weight is 424 g/mol. The van der Waals surface area contributed by atoms with Crippen LogP contribution in [0.15, 0.2) is 60.6 Å². The number of benzene rings is 1. The second-order valence-electron chi connectivity index (χ2n) is 7.68. The van der Waals surface area contributed by atoms with Crippen LogP contribution in [0.5, 0.6) is 5.75 Å². The van der Waals surface area contributed by atoms with E-state index in [9.17, 15) is 4.79 Å². The molecule has 2 aliphatic rings. The molecule has 0 saturated carbocycles. The number of halogens is 1. The van der Waals surface area contributed by atoms with E-state index < -0.39 is 0 Å². The largest absolute Gasteiger partial charge is 0.462 e. The maximum atomic E-state index is 13.0. The molecule has 0 aliphatic carbocycles. The number of pyridine rings is 1. The summed E-state index contributed by atoms with van der Waals surface area (Å²) in [6.45, 7) is 5.61. The van der Waals surface area contributed by atoms with E-state index in [1.54, 1.807) is 29.4 Å². The van der Waals surface area contributed by atoms with Gasteiger partial charge in [0.15, 0.2) is 0 Å². The lowest BCUT2D eigenvalue weighted by atomic mass is 10.0.